The Balaban J connectivity index is 1.88. The van der Waals surface area contributed by atoms with E-state index in [1.54, 1.807) is 7.05 Å². The molecule has 1 aliphatic rings. The first-order valence-electron chi connectivity index (χ1n) is 8.19. The molecule has 0 spiro atoms. The lowest BCUT2D eigenvalue weighted by Gasteiger charge is -2.34. The zero-order chi connectivity index (χ0) is 16.7. The number of thioether (sulfide) groups is 1. The Kier molecular flexibility index (Phi) is 7.16. The Morgan fingerprint density at radius 2 is 2.39 bits per heavy atom. The Morgan fingerprint density at radius 3 is 3.09 bits per heavy atom. The van der Waals surface area contributed by atoms with Gasteiger partial charge in [0.2, 0.25) is 5.89 Å². The molecule has 0 aliphatic carbocycles. The monoisotopic (exact) mass is 341 g/mol. The highest BCUT2D eigenvalue weighted by Gasteiger charge is 2.22. The van der Waals surface area contributed by atoms with Gasteiger partial charge in [-0.1, -0.05) is 12.1 Å². The molecule has 130 valence electrons. The minimum Gasteiger partial charge on any atom is -0.371 e. The molecule has 0 aromatic carbocycles. The van der Waals surface area contributed by atoms with Crippen molar-refractivity contribution >= 4 is 17.7 Å². The van der Waals surface area contributed by atoms with Crippen molar-refractivity contribution in [3.05, 3.63) is 11.7 Å². The Hall–Kier alpha value is -1.28. The fourth-order valence-electron chi connectivity index (χ4n) is 2.48. The first-order chi connectivity index (χ1) is 11.2. The predicted octanol–water partition coefficient (Wildman–Crippen LogP) is 2.07. The van der Waals surface area contributed by atoms with E-state index in [0.717, 1.165) is 24.8 Å². The van der Waals surface area contributed by atoms with Crippen LogP contribution in [0.4, 0.5) is 0 Å². The van der Waals surface area contributed by atoms with Gasteiger partial charge in [-0.25, -0.2) is 0 Å². The number of nitrogens with one attached hydrogen (secondary N) is 1. The number of ether oxygens (including phenoxy) is 1. The van der Waals surface area contributed by atoms with Crippen LogP contribution in [0, 0.1) is 0 Å². The zero-order valence-corrected chi connectivity index (χ0v) is 15.2. The van der Waals surface area contributed by atoms with E-state index in [1.807, 2.05) is 25.6 Å². The van der Waals surface area contributed by atoms with Gasteiger partial charge in [0.15, 0.2) is 11.8 Å². The number of rotatable bonds is 6. The summed E-state index contributed by atoms with van der Waals surface area (Å²) in [6.45, 7) is 9.23. The smallest absolute Gasteiger partial charge is 0.246 e. The van der Waals surface area contributed by atoms with E-state index in [4.69, 9.17) is 9.26 Å². The summed E-state index contributed by atoms with van der Waals surface area (Å²) in [7, 11) is 1.81. The molecule has 23 heavy (non-hydrogen) atoms. The molecule has 0 bridgehead atoms. The molecular formula is C15H27N5O2S. The highest BCUT2D eigenvalue weighted by atomic mass is 32.2. The van der Waals surface area contributed by atoms with E-state index < -0.39 is 0 Å². The normalized spacial score (nSPS) is 20.6. The summed E-state index contributed by atoms with van der Waals surface area (Å²) in [5.41, 5.74) is 0. The lowest BCUT2D eigenvalue weighted by molar-refractivity contribution is 0.0683. The third-order valence-corrected chi connectivity index (χ3v) is 5.14. The third kappa shape index (κ3) is 5.10. The van der Waals surface area contributed by atoms with Crippen molar-refractivity contribution in [3.63, 3.8) is 0 Å². The molecule has 1 aromatic rings. The summed E-state index contributed by atoms with van der Waals surface area (Å²) in [6, 6.07) is 0. The fraction of sp³-hybridized carbons (Fsp3) is 0.800. The summed E-state index contributed by atoms with van der Waals surface area (Å²) in [5.74, 6) is 3.15. The number of nitrogens with zero attached hydrogens (tertiary/aromatic N) is 4. The maximum absolute atomic E-state index is 5.47. The van der Waals surface area contributed by atoms with E-state index in [1.165, 1.54) is 6.42 Å². The summed E-state index contributed by atoms with van der Waals surface area (Å²) < 4.78 is 10.7. The van der Waals surface area contributed by atoms with Crippen LogP contribution in [-0.4, -0.2) is 58.7 Å². The summed E-state index contributed by atoms with van der Waals surface area (Å²) >= 11 is 2.04. The fourth-order valence-corrected chi connectivity index (χ4v) is 3.66. The lowest BCUT2D eigenvalue weighted by Crippen LogP contribution is -2.47. The molecule has 8 heteroatoms. The van der Waals surface area contributed by atoms with Gasteiger partial charge in [-0.15, -0.1) is 0 Å². The van der Waals surface area contributed by atoms with Crippen LogP contribution in [0.15, 0.2) is 9.52 Å². The summed E-state index contributed by atoms with van der Waals surface area (Å²) in [6.07, 6.45) is 1.03. The van der Waals surface area contributed by atoms with Crippen molar-refractivity contribution < 1.29 is 9.26 Å². The molecule has 1 saturated heterocycles. The van der Waals surface area contributed by atoms with Crippen LogP contribution in [0.1, 0.15) is 45.0 Å². The lowest BCUT2D eigenvalue weighted by atomic mass is 10.3. The molecular weight excluding hydrogens is 314 g/mol. The Labute approximate surface area is 142 Å². The maximum atomic E-state index is 5.47. The van der Waals surface area contributed by atoms with Gasteiger partial charge in [-0.2, -0.15) is 16.7 Å². The van der Waals surface area contributed by atoms with Crippen LogP contribution in [0.3, 0.4) is 0 Å². The van der Waals surface area contributed by atoms with Gasteiger partial charge in [-0.05, 0) is 20.3 Å². The number of aromatic nitrogens is 2. The number of hydrogen-bond donors (Lipinski definition) is 1. The highest BCUT2D eigenvalue weighted by Crippen LogP contribution is 2.21. The minimum atomic E-state index is -0.152. The topological polar surface area (TPSA) is 75.8 Å². The molecule has 1 N–H and O–H groups in total. The average Bonchev–Trinajstić information content (AvgIpc) is 3.05. The van der Waals surface area contributed by atoms with Crippen molar-refractivity contribution in [2.75, 3.05) is 32.5 Å². The summed E-state index contributed by atoms with van der Waals surface area (Å²) in [4.78, 5) is 11.0. The van der Waals surface area contributed by atoms with Gasteiger partial charge in [0, 0.05) is 37.7 Å². The number of guanidine groups is 1. The van der Waals surface area contributed by atoms with E-state index in [0.29, 0.717) is 30.1 Å². The van der Waals surface area contributed by atoms with E-state index in [9.17, 15) is 0 Å². The van der Waals surface area contributed by atoms with Crippen LogP contribution in [0.2, 0.25) is 0 Å². The first kappa shape index (κ1) is 18.1. The molecule has 2 heterocycles. The van der Waals surface area contributed by atoms with Crippen LogP contribution < -0.4 is 5.32 Å². The van der Waals surface area contributed by atoms with Gasteiger partial charge < -0.3 is 19.5 Å². The standard InChI is InChI=1S/C15H27N5O2S/c1-5-12-10-20(7-8-23-12)15(16-4)17-9-13-18-14(19-22-13)11(3)21-6-2/h11-12H,5-10H2,1-4H3,(H,16,17). The molecule has 2 atom stereocenters. The summed E-state index contributed by atoms with van der Waals surface area (Å²) in [5, 5.41) is 7.95. The minimum absolute atomic E-state index is 0.152. The van der Waals surface area contributed by atoms with Crippen LogP contribution in [0.25, 0.3) is 0 Å². The Morgan fingerprint density at radius 1 is 1.57 bits per heavy atom. The molecule has 2 rings (SSSR count). The van der Waals surface area contributed by atoms with Crippen LogP contribution in [0.5, 0.6) is 0 Å². The molecule has 2 unspecified atom stereocenters. The maximum Gasteiger partial charge on any atom is 0.246 e. The van der Waals surface area contributed by atoms with Gasteiger partial charge in [0.05, 0.1) is 6.54 Å². The first-order valence-corrected chi connectivity index (χ1v) is 9.24. The molecule has 0 radical (unpaired) electrons. The van der Waals surface area contributed by atoms with Crippen molar-refractivity contribution in [2.45, 2.75) is 45.1 Å². The second-order valence-electron chi connectivity index (χ2n) is 5.39. The van der Waals surface area contributed by atoms with Crippen molar-refractivity contribution in [1.29, 1.82) is 0 Å². The molecule has 0 amide bonds. The van der Waals surface area contributed by atoms with E-state index in [2.05, 4.69) is 32.3 Å². The second-order valence-corrected chi connectivity index (χ2v) is 6.80. The van der Waals surface area contributed by atoms with E-state index in [-0.39, 0.29) is 6.10 Å². The molecule has 7 nitrogen and oxygen atoms in total. The molecule has 1 fully saturated rings. The highest BCUT2D eigenvalue weighted by molar-refractivity contribution is 8.00. The average molecular weight is 341 g/mol. The third-order valence-electron chi connectivity index (χ3n) is 3.77. The van der Waals surface area contributed by atoms with Gasteiger partial charge >= 0.3 is 0 Å². The van der Waals surface area contributed by atoms with E-state index >= 15 is 0 Å². The van der Waals surface area contributed by atoms with Crippen molar-refractivity contribution in [2.24, 2.45) is 4.99 Å². The molecule has 1 aliphatic heterocycles. The number of aliphatic imine (C=N–C) groups is 1. The SMILES string of the molecule is CCOC(C)c1noc(CNC(=NC)N2CCSC(CC)C2)n1. The van der Waals surface area contributed by atoms with Crippen LogP contribution >= 0.6 is 11.8 Å². The quantitative estimate of drug-likeness (QED) is 0.627. The molecule has 0 saturated carbocycles. The van der Waals surface area contributed by atoms with Gasteiger partial charge in [0.1, 0.15) is 6.10 Å². The van der Waals surface area contributed by atoms with Crippen molar-refractivity contribution in [3.8, 4) is 0 Å². The van der Waals surface area contributed by atoms with Crippen molar-refractivity contribution in [1.82, 2.24) is 20.4 Å². The second kappa shape index (κ2) is 9.12. The molecule has 1 aromatic heterocycles. The van der Waals surface area contributed by atoms with Crippen LogP contribution in [-0.2, 0) is 11.3 Å². The number of hydrogen-bond acceptors (Lipinski definition) is 6. The zero-order valence-electron chi connectivity index (χ0n) is 14.4. The Bertz CT molecular complexity index is 508. The largest absolute Gasteiger partial charge is 0.371 e. The van der Waals surface area contributed by atoms with Gasteiger partial charge in [-0.3, -0.25) is 4.99 Å². The van der Waals surface area contributed by atoms with Gasteiger partial charge in [0.25, 0.3) is 0 Å². The predicted molar refractivity (Wildman–Crippen MR) is 92.6 cm³/mol.